The fourth-order valence-corrected chi connectivity index (χ4v) is 3.07. The van der Waals surface area contributed by atoms with Crippen LogP contribution in [0.25, 0.3) is 10.8 Å². The third-order valence-electron chi connectivity index (χ3n) is 4.46. The highest BCUT2D eigenvalue weighted by atomic mass is 16.5. The highest BCUT2D eigenvalue weighted by molar-refractivity contribution is 6.01. The predicted molar refractivity (Wildman–Crippen MR) is 104 cm³/mol. The molecule has 0 radical (unpaired) electrons. The lowest BCUT2D eigenvalue weighted by molar-refractivity contribution is 0.0579. The molecule has 0 atom stereocenters. The maximum Gasteiger partial charge on any atom is 0.358 e. The quantitative estimate of drug-likeness (QED) is 0.447. The fraction of sp³-hybridized carbons (Fsp3) is 0.238. The van der Waals surface area contributed by atoms with Crippen molar-refractivity contribution in [3.05, 3.63) is 65.0 Å². The van der Waals surface area contributed by atoms with Crippen LogP contribution in [0.3, 0.4) is 0 Å². The molecule has 0 aliphatic rings. The van der Waals surface area contributed by atoms with Crippen LogP contribution in [0.2, 0.25) is 0 Å². The third kappa shape index (κ3) is 4.02. The average Bonchev–Trinajstić information content (AvgIpc) is 3.10. The van der Waals surface area contributed by atoms with Crippen molar-refractivity contribution < 1.29 is 28.6 Å². The van der Waals surface area contributed by atoms with E-state index in [9.17, 15) is 14.4 Å². The van der Waals surface area contributed by atoms with Crippen LogP contribution in [0.5, 0.6) is 0 Å². The van der Waals surface area contributed by atoms with Gasteiger partial charge in [-0.3, -0.25) is 4.79 Å². The molecule has 0 saturated heterocycles. The van der Waals surface area contributed by atoms with Crippen molar-refractivity contribution >= 4 is 28.5 Å². The molecule has 1 heterocycles. The van der Waals surface area contributed by atoms with Gasteiger partial charge in [0.1, 0.15) is 6.54 Å². The molecule has 1 aromatic heterocycles. The first-order valence-corrected chi connectivity index (χ1v) is 8.77. The number of esters is 2. The predicted octanol–water partition coefficient (Wildman–Crippen LogP) is 2.64. The number of rotatable bonds is 7. The zero-order valence-corrected chi connectivity index (χ0v) is 16.3. The van der Waals surface area contributed by atoms with Gasteiger partial charge in [-0.15, -0.1) is 0 Å². The molecule has 0 unspecified atom stereocenters. The number of ether oxygens (including phenoxy) is 3. The van der Waals surface area contributed by atoms with Gasteiger partial charge in [0.05, 0.1) is 20.8 Å². The highest BCUT2D eigenvalue weighted by Crippen LogP contribution is 2.20. The summed E-state index contributed by atoms with van der Waals surface area (Å²) in [5, 5.41) is 6.06. The summed E-state index contributed by atoms with van der Waals surface area (Å²) >= 11 is 0. The van der Waals surface area contributed by atoms with Gasteiger partial charge in [0.2, 0.25) is 0 Å². The second kappa shape index (κ2) is 8.66. The normalized spacial score (nSPS) is 10.7. The largest absolute Gasteiger partial charge is 0.464 e. The van der Waals surface area contributed by atoms with Gasteiger partial charge in [-0.05, 0) is 16.8 Å². The molecule has 3 aromatic rings. The molecule has 8 nitrogen and oxygen atoms in total. The minimum Gasteiger partial charge on any atom is -0.464 e. The number of nitrogens with zero attached hydrogens (tertiary/aromatic N) is 2. The van der Waals surface area contributed by atoms with Crippen LogP contribution in [-0.2, 0) is 27.4 Å². The van der Waals surface area contributed by atoms with E-state index in [0.29, 0.717) is 5.56 Å². The first-order valence-electron chi connectivity index (χ1n) is 8.77. The molecule has 0 bridgehead atoms. The molecule has 8 heteroatoms. The van der Waals surface area contributed by atoms with E-state index in [1.807, 2.05) is 30.3 Å². The second-order valence-electron chi connectivity index (χ2n) is 6.23. The van der Waals surface area contributed by atoms with Gasteiger partial charge in [-0.25, -0.2) is 14.3 Å². The van der Waals surface area contributed by atoms with Crippen molar-refractivity contribution in [2.24, 2.45) is 0 Å². The molecular formula is C21H20N2O6. The number of Topliss-reactive ketones (excluding diaryl/α,β-unsaturated/α-hetero) is 1. The maximum atomic E-state index is 12.9. The molecule has 29 heavy (non-hydrogen) atoms. The Kier molecular flexibility index (Phi) is 6.04. The summed E-state index contributed by atoms with van der Waals surface area (Å²) in [5.74, 6) is -1.74. The van der Waals surface area contributed by atoms with E-state index in [0.717, 1.165) is 15.5 Å². The minimum absolute atomic E-state index is 0.0242. The van der Waals surface area contributed by atoms with Gasteiger partial charge in [-0.1, -0.05) is 36.4 Å². The topological polar surface area (TPSA) is 96.7 Å². The van der Waals surface area contributed by atoms with Crippen LogP contribution in [0, 0.1) is 0 Å². The minimum atomic E-state index is -0.737. The summed E-state index contributed by atoms with van der Waals surface area (Å²) in [7, 11) is 3.83. The molecule has 2 aromatic carbocycles. The molecule has 0 aliphatic heterocycles. The molecule has 0 N–H and O–H groups in total. The lowest BCUT2D eigenvalue weighted by Crippen LogP contribution is -2.19. The Labute approximate surface area is 167 Å². The Balaban J connectivity index is 2.02. The molecule has 150 valence electrons. The van der Waals surface area contributed by atoms with E-state index in [4.69, 9.17) is 14.2 Å². The number of ketones is 1. The molecule has 0 amide bonds. The molecular weight excluding hydrogens is 376 g/mol. The van der Waals surface area contributed by atoms with Crippen molar-refractivity contribution in [2.75, 3.05) is 21.3 Å². The zero-order chi connectivity index (χ0) is 21.0. The van der Waals surface area contributed by atoms with E-state index >= 15 is 0 Å². The summed E-state index contributed by atoms with van der Waals surface area (Å²) in [5.41, 5.74) is 0.547. The van der Waals surface area contributed by atoms with Crippen LogP contribution < -0.4 is 0 Å². The summed E-state index contributed by atoms with van der Waals surface area (Å²) < 4.78 is 15.8. The standard InChI is InChI=1S/C21H20N2O6/c1-27-12-16-18(20(25)28-2)22-23(19(16)21(26)29-3)11-17(24)15-9-8-13-6-4-5-7-14(13)10-15/h4-10H,11-12H2,1-3H3. The summed E-state index contributed by atoms with van der Waals surface area (Å²) in [6.07, 6.45) is 0. The number of carbonyl (C=O) groups excluding carboxylic acids is 3. The highest BCUT2D eigenvalue weighted by Gasteiger charge is 2.29. The van der Waals surface area contributed by atoms with Gasteiger partial charge in [-0.2, -0.15) is 5.10 Å². The first kappa shape index (κ1) is 20.2. The lowest BCUT2D eigenvalue weighted by atomic mass is 10.0. The zero-order valence-electron chi connectivity index (χ0n) is 16.3. The van der Waals surface area contributed by atoms with E-state index < -0.39 is 11.9 Å². The van der Waals surface area contributed by atoms with E-state index in [1.54, 1.807) is 12.1 Å². The average molecular weight is 396 g/mol. The van der Waals surface area contributed by atoms with Crippen LogP contribution in [0.15, 0.2) is 42.5 Å². The van der Waals surface area contributed by atoms with E-state index in [2.05, 4.69) is 5.10 Å². The van der Waals surface area contributed by atoms with Gasteiger partial charge in [0, 0.05) is 18.2 Å². The number of benzene rings is 2. The van der Waals surface area contributed by atoms with Crippen LogP contribution in [0.4, 0.5) is 0 Å². The number of aromatic nitrogens is 2. The maximum absolute atomic E-state index is 12.9. The van der Waals surface area contributed by atoms with Crippen LogP contribution in [0.1, 0.15) is 36.9 Å². The summed E-state index contributed by atoms with van der Waals surface area (Å²) in [4.78, 5) is 37.3. The van der Waals surface area contributed by atoms with Gasteiger partial charge in [0.15, 0.2) is 17.2 Å². The molecule has 0 spiro atoms. The lowest BCUT2D eigenvalue weighted by Gasteiger charge is -2.08. The van der Waals surface area contributed by atoms with Crippen LogP contribution in [-0.4, -0.2) is 48.8 Å². The number of methoxy groups -OCH3 is 3. The first-order chi connectivity index (χ1) is 14.0. The Morgan fingerprint density at radius 2 is 1.62 bits per heavy atom. The smallest absolute Gasteiger partial charge is 0.358 e. The molecule has 0 saturated carbocycles. The Hall–Kier alpha value is -3.52. The number of fused-ring (bicyclic) bond motifs is 1. The van der Waals surface area contributed by atoms with Crippen molar-refractivity contribution in [1.29, 1.82) is 0 Å². The number of hydrogen-bond donors (Lipinski definition) is 0. The second-order valence-corrected chi connectivity index (χ2v) is 6.23. The van der Waals surface area contributed by atoms with E-state index in [1.165, 1.54) is 21.3 Å². The SMILES string of the molecule is COCc1c(C(=O)OC)nn(CC(=O)c2ccc3ccccc3c2)c1C(=O)OC. The third-order valence-corrected chi connectivity index (χ3v) is 4.46. The van der Waals surface area contributed by atoms with Crippen molar-refractivity contribution in [1.82, 2.24) is 9.78 Å². The Morgan fingerprint density at radius 1 is 0.931 bits per heavy atom. The molecule has 3 rings (SSSR count). The Bertz CT molecular complexity index is 1090. The number of carbonyl (C=O) groups is 3. The molecule has 0 fully saturated rings. The fourth-order valence-electron chi connectivity index (χ4n) is 3.07. The van der Waals surface area contributed by atoms with Gasteiger partial charge in [0.25, 0.3) is 0 Å². The Morgan fingerprint density at radius 3 is 2.28 bits per heavy atom. The summed E-state index contributed by atoms with van der Waals surface area (Å²) in [6.45, 7) is -0.324. The van der Waals surface area contributed by atoms with Crippen molar-refractivity contribution in [3.8, 4) is 0 Å². The van der Waals surface area contributed by atoms with Crippen LogP contribution >= 0.6 is 0 Å². The van der Waals surface area contributed by atoms with Crippen molar-refractivity contribution in [3.63, 3.8) is 0 Å². The molecule has 0 aliphatic carbocycles. The van der Waals surface area contributed by atoms with Gasteiger partial charge >= 0.3 is 11.9 Å². The van der Waals surface area contributed by atoms with E-state index in [-0.39, 0.29) is 35.9 Å². The monoisotopic (exact) mass is 396 g/mol. The number of hydrogen-bond acceptors (Lipinski definition) is 7. The van der Waals surface area contributed by atoms with Crippen molar-refractivity contribution in [2.45, 2.75) is 13.2 Å². The summed E-state index contributed by atoms with van der Waals surface area (Å²) in [6, 6.07) is 13.0. The van der Waals surface area contributed by atoms with Gasteiger partial charge < -0.3 is 14.2 Å².